The van der Waals surface area contributed by atoms with Crippen molar-refractivity contribution in [3.63, 3.8) is 0 Å². The van der Waals surface area contributed by atoms with E-state index in [0.717, 1.165) is 12.1 Å². The van der Waals surface area contributed by atoms with Crippen molar-refractivity contribution in [3.8, 4) is 0 Å². The van der Waals surface area contributed by atoms with Gasteiger partial charge in [-0.1, -0.05) is 27.7 Å². The van der Waals surface area contributed by atoms with E-state index < -0.39 is 0 Å². The Kier molecular flexibility index (Phi) is 3.47. The summed E-state index contributed by atoms with van der Waals surface area (Å²) in [5.74, 6) is 1.14. The Bertz CT molecular complexity index is 562. The molecule has 98 valence electrons. The van der Waals surface area contributed by atoms with E-state index in [1.807, 2.05) is 0 Å². The van der Waals surface area contributed by atoms with E-state index in [1.165, 1.54) is 22.6 Å². The Hall–Kier alpha value is -1.31. The van der Waals surface area contributed by atoms with Gasteiger partial charge in [-0.15, -0.1) is 0 Å². The highest BCUT2D eigenvalue weighted by Gasteiger charge is 2.17. The predicted molar refractivity (Wildman–Crippen MR) is 77.3 cm³/mol. The minimum Gasteiger partial charge on any atom is -0.301 e. The van der Waals surface area contributed by atoms with Gasteiger partial charge in [0.15, 0.2) is 0 Å². The molecule has 0 saturated heterocycles. The van der Waals surface area contributed by atoms with Gasteiger partial charge in [0.1, 0.15) is 5.65 Å². The van der Waals surface area contributed by atoms with Crippen molar-refractivity contribution in [3.05, 3.63) is 34.8 Å². The number of fused-ring (bicyclic) bond motifs is 1. The van der Waals surface area contributed by atoms with Gasteiger partial charge in [-0.2, -0.15) is 0 Å². The molecule has 0 unspecified atom stereocenters. The molecule has 2 rings (SSSR count). The molecular weight excluding hydrogens is 220 g/mol. The van der Waals surface area contributed by atoms with Gasteiger partial charge in [-0.25, -0.2) is 4.98 Å². The molecule has 0 aliphatic carbocycles. The van der Waals surface area contributed by atoms with E-state index in [-0.39, 0.29) is 0 Å². The van der Waals surface area contributed by atoms with Crippen LogP contribution in [0, 0.1) is 19.8 Å². The van der Waals surface area contributed by atoms with Gasteiger partial charge < -0.3 is 4.40 Å². The smallest absolute Gasteiger partial charge is 0.137 e. The highest BCUT2D eigenvalue weighted by Crippen LogP contribution is 2.25. The molecule has 0 aromatic carbocycles. The van der Waals surface area contributed by atoms with Gasteiger partial charge in [0.2, 0.25) is 0 Å². The molecule has 0 bridgehead atoms. The van der Waals surface area contributed by atoms with Crippen LogP contribution >= 0.6 is 0 Å². The third kappa shape index (κ3) is 2.29. The van der Waals surface area contributed by atoms with Gasteiger partial charge >= 0.3 is 0 Å². The molecule has 0 N–H and O–H groups in total. The maximum atomic E-state index is 4.85. The molecule has 0 atom stereocenters. The molecular formula is C16H24N2. The summed E-state index contributed by atoms with van der Waals surface area (Å²) in [5, 5.41) is 0. The fourth-order valence-corrected chi connectivity index (χ4v) is 2.67. The molecule has 2 heterocycles. The van der Waals surface area contributed by atoms with E-state index in [1.54, 1.807) is 0 Å². The van der Waals surface area contributed by atoms with Crippen molar-refractivity contribution in [2.24, 2.45) is 5.92 Å². The first-order valence-corrected chi connectivity index (χ1v) is 6.88. The van der Waals surface area contributed by atoms with Crippen molar-refractivity contribution in [2.45, 2.75) is 53.9 Å². The quantitative estimate of drug-likeness (QED) is 0.788. The minimum absolute atomic E-state index is 0.485. The molecule has 0 radical (unpaired) electrons. The van der Waals surface area contributed by atoms with Crippen molar-refractivity contribution in [1.29, 1.82) is 0 Å². The maximum absolute atomic E-state index is 4.85. The van der Waals surface area contributed by atoms with Gasteiger partial charge in [0.05, 0.1) is 5.69 Å². The Morgan fingerprint density at radius 2 is 1.78 bits per heavy atom. The molecule has 0 aliphatic heterocycles. The maximum Gasteiger partial charge on any atom is 0.137 e. The first-order valence-electron chi connectivity index (χ1n) is 6.88. The second kappa shape index (κ2) is 4.75. The van der Waals surface area contributed by atoms with Crippen LogP contribution in [0.3, 0.4) is 0 Å². The van der Waals surface area contributed by atoms with E-state index in [4.69, 9.17) is 4.98 Å². The first kappa shape index (κ1) is 13.1. The number of pyridine rings is 1. The van der Waals surface area contributed by atoms with Crippen molar-refractivity contribution < 1.29 is 0 Å². The predicted octanol–water partition coefficient (Wildman–Crippen LogP) is 4.27. The van der Waals surface area contributed by atoms with E-state index in [9.17, 15) is 0 Å². The SMILES string of the molecule is Cc1cc(C)n2c(CC(C)C)c(C(C)C)nc2c1. The van der Waals surface area contributed by atoms with E-state index in [0.29, 0.717) is 11.8 Å². The number of nitrogens with zero attached hydrogens (tertiary/aromatic N) is 2. The third-order valence-corrected chi connectivity index (χ3v) is 3.32. The third-order valence-electron chi connectivity index (χ3n) is 3.32. The zero-order valence-electron chi connectivity index (χ0n) is 12.4. The molecule has 0 amide bonds. The lowest BCUT2D eigenvalue weighted by Crippen LogP contribution is -2.05. The number of hydrogen-bond donors (Lipinski definition) is 0. The van der Waals surface area contributed by atoms with Crippen LogP contribution in [0.2, 0.25) is 0 Å². The van der Waals surface area contributed by atoms with Crippen LogP contribution in [-0.2, 0) is 6.42 Å². The topological polar surface area (TPSA) is 17.3 Å². The molecule has 0 spiro atoms. The lowest BCUT2D eigenvalue weighted by molar-refractivity contribution is 0.619. The van der Waals surface area contributed by atoms with Crippen LogP contribution in [0.15, 0.2) is 12.1 Å². The Morgan fingerprint density at radius 1 is 1.11 bits per heavy atom. The average Bonchev–Trinajstić information content (AvgIpc) is 2.55. The molecule has 0 saturated carbocycles. The molecule has 0 aliphatic rings. The number of aryl methyl sites for hydroxylation is 2. The highest BCUT2D eigenvalue weighted by molar-refractivity contribution is 5.48. The second-order valence-corrected chi connectivity index (χ2v) is 6.06. The standard InChI is InChI=1S/C16H24N2/c1-10(2)7-14-16(11(3)4)17-15-9-12(5)8-13(6)18(14)15/h8-11H,7H2,1-6H3. The number of imidazole rings is 1. The largest absolute Gasteiger partial charge is 0.301 e. The zero-order chi connectivity index (χ0) is 13.4. The highest BCUT2D eigenvalue weighted by atomic mass is 15.0. The van der Waals surface area contributed by atoms with Crippen LogP contribution in [0.5, 0.6) is 0 Å². The van der Waals surface area contributed by atoms with Crippen molar-refractivity contribution in [1.82, 2.24) is 9.38 Å². The van der Waals surface area contributed by atoms with Crippen LogP contribution < -0.4 is 0 Å². The summed E-state index contributed by atoms with van der Waals surface area (Å²) < 4.78 is 2.34. The summed E-state index contributed by atoms with van der Waals surface area (Å²) in [6.07, 6.45) is 1.10. The number of hydrogen-bond acceptors (Lipinski definition) is 1. The fraction of sp³-hybridized carbons (Fsp3) is 0.562. The molecule has 18 heavy (non-hydrogen) atoms. The molecule has 0 fully saturated rings. The van der Waals surface area contributed by atoms with Gasteiger partial charge in [0, 0.05) is 11.4 Å². The summed E-state index contributed by atoms with van der Waals surface area (Å²) in [6, 6.07) is 4.42. The monoisotopic (exact) mass is 244 g/mol. The van der Waals surface area contributed by atoms with Gasteiger partial charge in [-0.3, -0.25) is 0 Å². The molecule has 2 aromatic heterocycles. The van der Waals surface area contributed by atoms with E-state index in [2.05, 4.69) is 58.1 Å². The Balaban J connectivity index is 2.72. The summed E-state index contributed by atoms with van der Waals surface area (Å²) in [6.45, 7) is 13.3. The Morgan fingerprint density at radius 3 is 2.33 bits per heavy atom. The van der Waals surface area contributed by atoms with Gasteiger partial charge in [-0.05, 0) is 49.8 Å². The van der Waals surface area contributed by atoms with Gasteiger partial charge in [0.25, 0.3) is 0 Å². The lowest BCUT2D eigenvalue weighted by atomic mass is 10.0. The number of aromatic nitrogens is 2. The van der Waals surface area contributed by atoms with E-state index >= 15 is 0 Å². The lowest BCUT2D eigenvalue weighted by Gasteiger charge is -2.11. The average molecular weight is 244 g/mol. The van der Waals surface area contributed by atoms with Crippen LogP contribution in [0.4, 0.5) is 0 Å². The van der Waals surface area contributed by atoms with Crippen molar-refractivity contribution >= 4 is 5.65 Å². The Labute approximate surface area is 110 Å². The summed E-state index contributed by atoms with van der Waals surface area (Å²) in [7, 11) is 0. The molecule has 2 aromatic rings. The van der Waals surface area contributed by atoms with Crippen LogP contribution in [-0.4, -0.2) is 9.38 Å². The first-order chi connectivity index (χ1) is 8.40. The summed E-state index contributed by atoms with van der Waals surface area (Å²) in [5.41, 5.74) is 6.34. The number of rotatable bonds is 3. The molecule has 2 heteroatoms. The summed E-state index contributed by atoms with van der Waals surface area (Å²) in [4.78, 5) is 4.85. The van der Waals surface area contributed by atoms with Crippen LogP contribution in [0.25, 0.3) is 5.65 Å². The normalized spacial score (nSPS) is 12.0. The summed E-state index contributed by atoms with van der Waals surface area (Å²) >= 11 is 0. The fourth-order valence-electron chi connectivity index (χ4n) is 2.67. The van der Waals surface area contributed by atoms with Crippen molar-refractivity contribution in [2.75, 3.05) is 0 Å². The second-order valence-electron chi connectivity index (χ2n) is 6.06. The zero-order valence-corrected chi connectivity index (χ0v) is 12.4. The minimum atomic E-state index is 0.485. The molecule has 2 nitrogen and oxygen atoms in total. The van der Waals surface area contributed by atoms with Crippen LogP contribution in [0.1, 0.15) is 56.3 Å².